The van der Waals surface area contributed by atoms with E-state index in [0.29, 0.717) is 24.7 Å². The predicted molar refractivity (Wildman–Crippen MR) is 85.1 cm³/mol. The molecular formula is C17H17BrO3. The van der Waals surface area contributed by atoms with Crippen LogP contribution in [0.25, 0.3) is 0 Å². The Labute approximate surface area is 132 Å². The average molecular weight is 349 g/mol. The van der Waals surface area contributed by atoms with Gasteiger partial charge < -0.3 is 14.6 Å². The molecular weight excluding hydrogens is 332 g/mol. The van der Waals surface area contributed by atoms with E-state index in [4.69, 9.17) is 9.47 Å². The molecule has 0 aromatic heterocycles. The maximum Gasteiger partial charge on any atom is 0.162 e. The summed E-state index contributed by atoms with van der Waals surface area (Å²) in [6, 6.07) is 9.74. The molecule has 2 aromatic rings. The summed E-state index contributed by atoms with van der Waals surface area (Å²) in [4.78, 5) is 0. The lowest BCUT2D eigenvalue weighted by Gasteiger charge is -2.23. The topological polar surface area (TPSA) is 38.7 Å². The third kappa shape index (κ3) is 2.65. The molecule has 110 valence electrons. The average Bonchev–Trinajstić information content (AvgIpc) is 2.46. The standard InChI is InChI=1S/C17H17BrO3/c1-10-4-3-5-11(2)16(10)17(19)12-8-14-15(9-13(12)18)21-7-6-20-14/h3-5,8-9,17,19H,6-7H2,1-2H3. The Morgan fingerprint density at radius 2 is 1.62 bits per heavy atom. The monoisotopic (exact) mass is 348 g/mol. The maximum absolute atomic E-state index is 10.8. The fourth-order valence-corrected chi connectivity index (χ4v) is 3.24. The van der Waals surface area contributed by atoms with Gasteiger partial charge in [-0.3, -0.25) is 0 Å². The van der Waals surface area contributed by atoms with Gasteiger partial charge in [0.15, 0.2) is 11.5 Å². The zero-order valence-corrected chi connectivity index (χ0v) is 13.6. The van der Waals surface area contributed by atoms with E-state index in [-0.39, 0.29) is 0 Å². The van der Waals surface area contributed by atoms with E-state index in [1.165, 1.54) is 0 Å². The second kappa shape index (κ2) is 5.70. The van der Waals surface area contributed by atoms with Gasteiger partial charge in [-0.15, -0.1) is 0 Å². The summed E-state index contributed by atoms with van der Waals surface area (Å²) < 4.78 is 12.0. The van der Waals surface area contributed by atoms with Gasteiger partial charge in [0.05, 0.1) is 0 Å². The molecule has 1 aliphatic heterocycles. The van der Waals surface area contributed by atoms with Crippen molar-refractivity contribution in [1.29, 1.82) is 0 Å². The van der Waals surface area contributed by atoms with Gasteiger partial charge in [0.25, 0.3) is 0 Å². The predicted octanol–water partition coefficient (Wildman–Crippen LogP) is 3.92. The van der Waals surface area contributed by atoms with Crippen molar-refractivity contribution in [2.45, 2.75) is 20.0 Å². The van der Waals surface area contributed by atoms with Crippen LogP contribution in [0.4, 0.5) is 0 Å². The first-order valence-electron chi connectivity index (χ1n) is 6.91. The molecule has 0 fully saturated rings. The van der Waals surface area contributed by atoms with Crippen molar-refractivity contribution in [3.8, 4) is 11.5 Å². The lowest BCUT2D eigenvalue weighted by Crippen LogP contribution is -2.16. The number of rotatable bonds is 2. The number of benzene rings is 2. The number of aliphatic hydroxyl groups excluding tert-OH is 1. The Morgan fingerprint density at radius 3 is 2.24 bits per heavy atom. The third-order valence-electron chi connectivity index (χ3n) is 3.77. The molecule has 1 atom stereocenters. The van der Waals surface area contributed by atoms with Gasteiger partial charge in [0.1, 0.15) is 19.3 Å². The van der Waals surface area contributed by atoms with Crippen molar-refractivity contribution in [1.82, 2.24) is 0 Å². The van der Waals surface area contributed by atoms with Crippen LogP contribution in [0.15, 0.2) is 34.8 Å². The van der Waals surface area contributed by atoms with Gasteiger partial charge in [-0.25, -0.2) is 0 Å². The summed E-state index contributed by atoms with van der Waals surface area (Å²) in [5.41, 5.74) is 3.88. The minimum Gasteiger partial charge on any atom is -0.486 e. The first kappa shape index (κ1) is 14.4. The highest BCUT2D eigenvalue weighted by atomic mass is 79.9. The number of aliphatic hydroxyl groups is 1. The van der Waals surface area contributed by atoms with Crippen LogP contribution in [-0.4, -0.2) is 18.3 Å². The molecule has 0 aliphatic carbocycles. The summed E-state index contributed by atoms with van der Waals surface area (Å²) >= 11 is 3.53. The molecule has 1 unspecified atom stereocenters. The largest absolute Gasteiger partial charge is 0.486 e. The van der Waals surface area contributed by atoms with Crippen LogP contribution in [0, 0.1) is 13.8 Å². The van der Waals surface area contributed by atoms with Gasteiger partial charge in [-0.2, -0.15) is 0 Å². The van der Waals surface area contributed by atoms with Gasteiger partial charge in [-0.1, -0.05) is 34.1 Å². The minimum absolute atomic E-state index is 0.535. The molecule has 0 saturated heterocycles. The van der Waals surface area contributed by atoms with Crippen molar-refractivity contribution in [3.63, 3.8) is 0 Å². The van der Waals surface area contributed by atoms with Crippen LogP contribution in [0.3, 0.4) is 0 Å². The highest BCUT2D eigenvalue weighted by molar-refractivity contribution is 9.10. The number of fused-ring (bicyclic) bond motifs is 1. The summed E-state index contributed by atoms with van der Waals surface area (Å²) in [6.07, 6.45) is -0.698. The van der Waals surface area contributed by atoms with E-state index in [1.54, 1.807) is 0 Å². The van der Waals surface area contributed by atoms with Gasteiger partial charge in [0.2, 0.25) is 0 Å². The molecule has 1 heterocycles. The fraction of sp³-hybridized carbons (Fsp3) is 0.294. The Morgan fingerprint density at radius 1 is 1.05 bits per heavy atom. The van der Waals surface area contributed by atoms with Crippen LogP contribution >= 0.6 is 15.9 Å². The number of halogens is 1. The van der Waals surface area contributed by atoms with Gasteiger partial charge in [0, 0.05) is 10.0 Å². The highest BCUT2D eigenvalue weighted by Gasteiger charge is 2.22. The third-order valence-corrected chi connectivity index (χ3v) is 4.46. The van der Waals surface area contributed by atoms with E-state index in [9.17, 15) is 5.11 Å². The van der Waals surface area contributed by atoms with Crippen LogP contribution < -0.4 is 9.47 Å². The van der Waals surface area contributed by atoms with Gasteiger partial charge in [-0.05, 0) is 42.7 Å². The molecule has 3 nitrogen and oxygen atoms in total. The van der Waals surface area contributed by atoms with Gasteiger partial charge >= 0.3 is 0 Å². The molecule has 4 heteroatoms. The molecule has 1 aliphatic rings. The van der Waals surface area contributed by atoms with E-state index >= 15 is 0 Å². The second-order valence-corrected chi connectivity index (χ2v) is 6.08. The fourth-order valence-electron chi connectivity index (χ4n) is 2.70. The Bertz CT molecular complexity index is 662. The van der Waals surface area contributed by atoms with Crippen molar-refractivity contribution in [2.75, 3.05) is 13.2 Å². The normalized spacial score (nSPS) is 14.9. The first-order chi connectivity index (χ1) is 10.1. The highest BCUT2D eigenvalue weighted by Crippen LogP contribution is 2.40. The molecule has 1 N–H and O–H groups in total. The smallest absolute Gasteiger partial charge is 0.162 e. The quantitative estimate of drug-likeness (QED) is 0.893. The SMILES string of the molecule is Cc1cccc(C)c1C(O)c1cc2c(cc1Br)OCCO2. The molecule has 2 aromatic carbocycles. The van der Waals surface area contributed by atoms with Crippen molar-refractivity contribution < 1.29 is 14.6 Å². The maximum atomic E-state index is 10.8. The number of hydrogen-bond acceptors (Lipinski definition) is 3. The number of ether oxygens (including phenoxy) is 2. The first-order valence-corrected chi connectivity index (χ1v) is 7.70. The molecule has 3 rings (SSSR count). The van der Waals surface area contributed by atoms with Crippen LogP contribution in [-0.2, 0) is 0 Å². The van der Waals surface area contributed by atoms with Crippen molar-refractivity contribution in [3.05, 3.63) is 57.1 Å². The van der Waals surface area contributed by atoms with Crippen LogP contribution in [0.1, 0.15) is 28.4 Å². The van der Waals surface area contributed by atoms with Crippen LogP contribution in [0.5, 0.6) is 11.5 Å². The molecule has 0 spiro atoms. The summed E-state index contributed by atoms with van der Waals surface area (Å²) in [7, 11) is 0. The van der Waals surface area contributed by atoms with E-state index in [1.807, 2.05) is 44.2 Å². The molecule has 0 amide bonds. The zero-order valence-electron chi connectivity index (χ0n) is 12.0. The molecule has 0 saturated carbocycles. The molecule has 0 bridgehead atoms. The minimum atomic E-state index is -0.698. The second-order valence-electron chi connectivity index (χ2n) is 5.23. The van der Waals surface area contributed by atoms with Crippen molar-refractivity contribution in [2.24, 2.45) is 0 Å². The number of aryl methyl sites for hydroxylation is 2. The van der Waals surface area contributed by atoms with E-state index in [0.717, 1.165) is 26.7 Å². The summed E-state index contributed by atoms with van der Waals surface area (Å²) in [5, 5.41) is 10.8. The zero-order chi connectivity index (χ0) is 15.0. The Hall–Kier alpha value is -1.52. The summed E-state index contributed by atoms with van der Waals surface area (Å²) in [5.74, 6) is 1.40. The Kier molecular flexibility index (Phi) is 3.91. The lowest BCUT2D eigenvalue weighted by molar-refractivity contribution is 0.169. The Balaban J connectivity index is 2.07. The van der Waals surface area contributed by atoms with E-state index in [2.05, 4.69) is 15.9 Å². The van der Waals surface area contributed by atoms with Crippen LogP contribution in [0.2, 0.25) is 0 Å². The molecule has 0 radical (unpaired) electrons. The summed E-state index contributed by atoms with van der Waals surface area (Å²) in [6.45, 7) is 5.11. The van der Waals surface area contributed by atoms with E-state index < -0.39 is 6.10 Å². The number of hydrogen-bond donors (Lipinski definition) is 1. The lowest BCUT2D eigenvalue weighted by atomic mass is 9.93. The molecule has 21 heavy (non-hydrogen) atoms. The van der Waals surface area contributed by atoms with Crippen molar-refractivity contribution >= 4 is 15.9 Å².